The van der Waals surface area contributed by atoms with E-state index in [9.17, 15) is 9.59 Å². The molecule has 6 nitrogen and oxygen atoms in total. The third-order valence-corrected chi connectivity index (χ3v) is 5.30. The molecule has 2 aromatic rings. The molecule has 28 heavy (non-hydrogen) atoms. The molecule has 2 amide bonds. The lowest BCUT2D eigenvalue weighted by Crippen LogP contribution is -2.47. The second kappa shape index (κ2) is 8.44. The number of likely N-dealkylation sites (N-methyl/N-ethyl adjacent to an activating group) is 2. The Bertz CT molecular complexity index is 881. The van der Waals surface area contributed by atoms with Crippen LogP contribution in [-0.4, -0.2) is 55.4 Å². The van der Waals surface area contributed by atoms with Crippen molar-refractivity contribution in [3.63, 3.8) is 0 Å². The number of anilines is 1. The minimum atomic E-state index is -0.230. The molecule has 0 aromatic heterocycles. The van der Waals surface area contributed by atoms with E-state index >= 15 is 0 Å². The van der Waals surface area contributed by atoms with Crippen molar-refractivity contribution in [1.29, 1.82) is 0 Å². The van der Waals surface area contributed by atoms with Gasteiger partial charge in [0.05, 0.1) is 12.8 Å². The summed E-state index contributed by atoms with van der Waals surface area (Å²) in [5.74, 6) is 0.462. The first kappa shape index (κ1) is 19.9. The molecule has 0 saturated carbocycles. The SMILES string of the molecule is COc1ccc(C(C)=O)cc1NC(=O)N(C)CC1Cc2ccccc2CN1C. The van der Waals surface area contributed by atoms with Crippen molar-refractivity contribution in [2.75, 3.05) is 33.1 Å². The van der Waals surface area contributed by atoms with Gasteiger partial charge >= 0.3 is 6.03 Å². The molecule has 148 valence electrons. The van der Waals surface area contributed by atoms with E-state index in [1.54, 1.807) is 30.1 Å². The number of fused-ring (bicyclic) bond motifs is 1. The zero-order valence-corrected chi connectivity index (χ0v) is 16.9. The Labute approximate surface area is 166 Å². The third-order valence-electron chi connectivity index (χ3n) is 5.30. The van der Waals surface area contributed by atoms with Crippen LogP contribution < -0.4 is 10.1 Å². The molecule has 1 unspecified atom stereocenters. The summed E-state index contributed by atoms with van der Waals surface area (Å²) in [6.07, 6.45) is 0.910. The van der Waals surface area contributed by atoms with Crippen LogP contribution in [0.2, 0.25) is 0 Å². The minimum Gasteiger partial charge on any atom is -0.495 e. The fraction of sp³-hybridized carbons (Fsp3) is 0.364. The number of ketones is 1. The number of hydrogen-bond donors (Lipinski definition) is 1. The maximum absolute atomic E-state index is 12.7. The van der Waals surface area contributed by atoms with E-state index in [1.807, 2.05) is 0 Å². The van der Waals surface area contributed by atoms with Gasteiger partial charge in [-0.05, 0) is 49.7 Å². The highest BCUT2D eigenvalue weighted by Crippen LogP contribution is 2.26. The zero-order valence-electron chi connectivity index (χ0n) is 16.9. The van der Waals surface area contributed by atoms with Gasteiger partial charge in [-0.25, -0.2) is 4.79 Å². The van der Waals surface area contributed by atoms with Gasteiger partial charge in [0.25, 0.3) is 0 Å². The standard InChI is InChI=1S/C22H27N3O3/c1-15(26)16-9-10-21(28-4)20(12-16)23-22(27)25(3)14-19-11-17-7-5-6-8-18(17)13-24(19)2/h5-10,12,19H,11,13-14H2,1-4H3,(H,23,27). The summed E-state index contributed by atoms with van der Waals surface area (Å²) >= 11 is 0. The van der Waals surface area contributed by atoms with E-state index in [-0.39, 0.29) is 17.9 Å². The topological polar surface area (TPSA) is 61.9 Å². The molecule has 3 rings (SSSR count). The highest BCUT2D eigenvalue weighted by molar-refractivity contribution is 5.97. The monoisotopic (exact) mass is 381 g/mol. The number of hydrogen-bond acceptors (Lipinski definition) is 4. The van der Waals surface area contributed by atoms with Crippen LogP contribution in [0, 0.1) is 0 Å². The Balaban J connectivity index is 1.68. The second-order valence-corrected chi connectivity index (χ2v) is 7.32. The molecule has 0 spiro atoms. The molecule has 2 aromatic carbocycles. The van der Waals surface area contributed by atoms with Crippen LogP contribution in [0.25, 0.3) is 0 Å². The summed E-state index contributed by atoms with van der Waals surface area (Å²) in [7, 11) is 5.41. The maximum Gasteiger partial charge on any atom is 0.321 e. The Morgan fingerprint density at radius 2 is 1.93 bits per heavy atom. The molecule has 0 radical (unpaired) electrons. The summed E-state index contributed by atoms with van der Waals surface area (Å²) in [5.41, 5.74) is 3.71. The number of carbonyl (C=O) groups is 2. The van der Waals surface area contributed by atoms with Crippen molar-refractivity contribution in [2.24, 2.45) is 0 Å². The van der Waals surface area contributed by atoms with Crippen molar-refractivity contribution in [3.8, 4) is 5.75 Å². The van der Waals surface area contributed by atoms with E-state index in [0.717, 1.165) is 13.0 Å². The number of nitrogens with one attached hydrogen (secondary N) is 1. The van der Waals surface area contributed by atoms with Gasteiger partial charge in [-0.2, -0.15) is 0 Å². The van der Waals surface area contributed by atoms with Crippen LogP contribution in [0.3, 0.4) is 0 Å². The van der Waals surface area contributed by atoms with Crippen molar-refractivity contribution in [2.45, 2.75) is 25.9 Å². The Hall–Kier alpha value is -2.86. The van der Waals surface area contributed by atoms with Gasteiger partial charge in [-0.3, -0.25) is 9.69 Å². The lowest BCUT2D eigenvalue weighted by atomic mass is 9.94. The second-order valence-electron chi connectivity index (χ2n) is 7.32. The lowest BCUT2D eigenvalue weighted by molar-refractivity contribution is 0.101. The molecule has 1 heterocycles. The fourth-order valence-electron chi connectivity index (χ4n) is 3.56. The van der Waals surface area contributed by atoms with E-state index in [4.69, 9.17) is 4.74 Å². The fourth-order valence-corrected chi connectivity index (χ4v) is 3.56. The number of methoxy groups -OCH3 is 1. The van der Waals surface area contributed by atoms with E-state index < -0.39 is 0 Å². The smallest absolute Gasteiger partial charge is 0.321 e. The van der Waals surface area contributed by atoms with Crippen LogP contribution in [0.1, 0.15) is 28.4 Å². The first-order valence-corrected chi connectivity index (χ1v) is 9.37. The quantitative estimate of drug-likeness (QED) is 0.806. The van der Waals surface area contributed by atoms with E-state index in [1.165, 1.54) is 25.2 Å². The average Bonchev–Trinajstić information content (AvgIpc) is 2.68. The Morgan fingerprint density at radius 3 is 2.61 bits per heavy atom. The molecule has 0 fully saturated rings. The molecule has 0 aliphatic carbocycles. The summed E-state index contributed by atoms with van der Waals surface area (Å²) in [4.78, 5) is 28.3. The van der Waals surface area contributed by atoms with Crippen LogP contribution in [0.4, 0.5) is 10.5 Å². The van der Waals surface area contributed by atoms with Gasteiger partial charge in [0.2, 0.25) is 0 Å². The van der Waals surface area contributed by atoms with Crippen molar-refractivity contribution in [3.05, 3.63) is 59.2 Å². The summed E-state index contributed by atoms with van der Waals surface area (Å²) in [6, 6.07) is 13.5. The number of amides is 2. The number of rotatable bonds is 5. The highest BCUT2D eigenvalue weighted by atomic mass is 16.5. The van der Waals surface area contributed by atoms with Crippen LogP contribution in [-0.2, 0) is 13.0 Å². The number of nitrogens with zero attached hydrogens (tertiary/aromatic N) is 2. The number of carbonyl (C=O) groups excluding carboxylic acids is 2. The number of ether oxygens (including phenoxy) is 1. The normalized spacial score (nSPS) is 16.2. The molecule has 1 atom stereocenters. The molecule has 0 saturated heterocycles. The predicted octanol–water partition coefficient (Wildman–Crippen LogP) is 3.42. The first-order valence-electron chi connectivity index (χ1n) is 9.37. The van der Waals surface area contributed by atoms with Gasteiger partial charge in [0, 0.05) is 31.7 Å². The molecule has 1 aliphatic heterocycles. The van der Waals surface area contributed by atoms with E-state index in [0.29, 0.717) is 23.5 Å². The van der Waals surface area contributed by atoms with Crippen molar-refractivity contribution < 1.29 is 14.3 Å². The Morgan fingerprint density at radius 1 is 1.21 bits per heavy atom. The third kappa shape index (κ3) is 4.34. The molecular weight excluding hydrogens is 354 g/mol. The Kier molecular flexibility index (Phi) is 5.99. The van der Waals surface area contributed by atoms with Gasteiger partial charge in [0.15, 0.2) is 5.78 Å². The average molecular weight is 381 g/mol. The highest BCUT2D eigenvalue weighted by Gasteiger charge is 2.25. The zero-order chi connectivity index (χ0) is 20.3. The van der Waals surface area contributed by atoms with E-state index in [2.05, 4.69) is 41.5 Å². The molecule has 1 aliphatic rings. The minimum absolute atomic E-state index is 0.0611. The lowest BCUT2D eigenvalue weighted by Gasteiger charge is -2.36. The van der Waals surface area contributed by atoms with Crippen LogP contribution >= 0.6 is 0 Å². The largest absolute Gasteiger partial charge is 0.495 e. The number of urea groups is 1. The molecule has 6 heteroatoms. The van der Waals surface area contributed by atoms with Crippen molar-refractivity contribution >= 4 is 17.5 Å². The molecule has 1 N–H and O–H groups in total. The van der Waals surface area contributed by atoms with Gasteiger partial charge in [-0.1, -0.05) is 24.3 Å². The van der Waals surface area contributed by atoms with Gasteiger partial charge in [-0.15, -0.1) is 0 Å². The van der Waals surface area contributed by atoms with Crippen molar-refractivity contribution in [1.82, 2.24) is 9.80 Å². The summed E-state index contributed by atoms with van der Waals surface area (Å²) in [6.45, 7) is 2.98. The number of Topliss-reactive ketones (excluding diaryl/α,β-unsaturated/α-hetero) is 1. The van der Waals surface area contributed by atoms with Crippen LogP contribution in [0.5, 0.6) is 5.75 Å². The maximum atomic E-state index is 12.7. The summed E-state index contributed by atoms with van der Waals surface area (Å²) in [5, 5.41) is 2.87. The predicted molar refractivity (Wildman–Crippen MR) is 110 cm³/mol. The van der Waals surface area contributed by atoms with Gasteiger partial charge < -0.3 is 15.0 Å². The molecular formula is C22H27N3O3. The first-order chi connectivity index (χ1) is 13.4. The number of benzene rings is 2. The molecule has 0 bridgehead atoms. The van der Waals surface area contributed by atoms with Crippen LogP contribution in [0.15, 0.2) is 42.5 Å². The van der Waals surface area contributed by atoms with Gasteiger partial charge in [0.1, 0.15) is 5.75 Å². The summed E-state index contributed by atoms with van der Waals surface area (Å²) < 4.78 is 5.31.